The lowest BCUT2D eigenvalue weighted by Crippen LogP contribution is -2.38. The van der Waals surface area contributed by atoms with Gasteiger partial charge in [-0.1, -0.05) is 68.3 Å². The molecule has 1 N–H and O–H groups in total. The van der Waals surface area contributed by atoms with Crippen LogP contribution in [0.15, 0.2) is 58.5 Å². The lowest BCUT2D eigenvalue weighted by Gasteiger charge is -2.21. The van der Waals surface area contributed by atoms with Gasteiger partial charge in [0.15, 0.2) is 5.16 Å². The van der Waals surface area contributed by atoms with E-state index in [1.165, 1.54) is 11.8 Å². The number of carbonyl (C=O) groups is 1. The van der Waals surface area contributed by atoms with Gasteiger partial charge in [-0.2, -0.15) is 0 Å². The van der Waals surface area contributed by atoms with Crippen LogP contribution in [0.2, 0.25) is 5.02 Å². The Morgan fingerprint density at radius 3 is 2.68 bits per heavy atom. The van der Waals surface area contributed by atoms with Gasteiger partial charge in [0.1, 0.15) is 0 Å². The van der Waals surface area contributed by atoms with Gasteiger partial charge in [-0.25, -0.2) is 4.98 Å². The Hall–Kier alpha value is -2.31. The van der Waals surface area contributed by atoms with E-state index in [9.17, 15) is 9.59 Å². The molecule has 0 aliphatic carbocycles. The summed E-state index contributed by atoms with van der Waals surface area (Å²) in [6, 6.07) is 14.5. The molecule has 3 aromatic rings. The van der Waals surface area contributed by atoms with Crippen LogP contribution in [0.4, 0.5) is 0 Å². The summed E-state index contributed by atoms with van der Waals surface area (Å²) in [5, 5.41) is 4.30. The highest BCUT2D eigenvalue weighted by atomic mass is 35.5. The zero-order valence-corrected chi connectivity index (χ0v) is 19.7. The normalized spacial score (nSPS) is 13.2. The SMILES string of the molecule is CCCCC(Sc1nc2ccccc2c(=O)n1-c1cccc(Cl)c1)C(=O)NC(C)CC. The fraction of sp³-hybridized carbons (Fsp3) is 0.375. The molecular formula is C24H28ClN3O2S. The van der Waals surface area contributed by atoms with Gasteiger partial charge in [-0.15, -0.1) is 0 Å². The van der Waals surface area contributed by atoms with Crippen molar-refractivity contribution in [2.24, 2.45) is 0 Å². The Labute approximate surface area is 192 Å². The standard InChI is InChI=1S/C24H28ClN3O2S/c1-4-6-14-21(22(29)26-16(3)5-2)31-24-27-20-13-8-7-12-19(20)23(30)28(24)18-11-9-10-17(25)15-18/h7-13,15-16,21H,4-6,14H2,1-3H3,(H,26,29). The molecule has 7 heteroatoms. The number of nitrogens with one attached hydrogen (secondary N) is 1. The molecule has 2 atom stereocenters. The van der Waals surface area contributed by atoms with Gasteiger partial charge in [0.2, 0.25) is 5.91 Å². The fourth-order valence-corrected chi connectivity index (χ4v) is 4.58. The van der Waals surface area contributed by atoms with E-state index in [1.54, 1.807) is 28.8 Å². The molecule has 1 amide bonds. The monoisotopic (exact) mass is 457 g/mol. The maximum Gasteiger partial charge on any atom is 0.266 e. The van der Waals surface area contributed by atoms with Gasteiger partial charge >= 0.3 is 0 Å². The molecule has 0 fully saturated rings. The van der Waals surface area contributed by atoms with E-state index in [1.807, 2.05) is 38.1 Å². The van der Waals surface area contributed by atoms with Crippen molar-refractivity contribution in [3.63, 3.8) is 0 Å². The van der Waals surface area contributed by atoms with Crippen LogP contribution in [0.25, 0.3) is 16.6 Å². The number of para-hydroxylation sites is 1. The van der Waals surface area contributed by atoms with Crippen molar-refractivity contribution < 1.29 is 4.79 Å². The Morgan fingerprint density at radius 1 is 1.19 bits per heavy atom. The third-order valence-electron chi connectivity index (χ3n) is 5.17. The summed E-state index contributed by atoms with van der Waals surface area (Å²) in [6.45, 7) is 6.14. The fourth-order valence-electron chi connectivity index (χ4n) is 3.23. The summed E-state index contributed by atoms with van der Waals surface area (Å²) in [7, 11) is 0. The molecule has 2 aromatic carbocycles. The van der Waals surface area contributed by atoms with E-state index in [-0.39, 0.29) is 22.8 Å². The molecular weight excluding hydrogens is 430 g/mol. The molecule has 31 heavy (non-hydrogen) atoms. The number of rotatable bonds is 9. The highest BCUT2D eigenvalue weighted by molar-refractivity contribution is 8.00. The second-order valence-electron chi connectivity index (χ2n) is 7.60. The van der Waals surface area contributed by atoms with E-state index >= 15 is 0 Å². The molecule has 5 nitrogen and oxygen atoms in total. The zero-order chi connectivity index (χ0) is 22.4. The third kappa shape index (κ3) is 5.69. The van der Waals surface area contributed by atoms with Crippen LogP contribution in [-0.4, -0.2) is 26.8 Å². The number of aromatic nitrogens is 2. The second kappa shape index (κ2) is 10.8. The number of hydrogen-bond acceptors (Lipinski definition) is 4. The lowest BCUT2D eigenvalue weighted by molar-refractivity contribution is -0.121. The second-order valence-corrected chi connectivity index (χ2v) is 9.20. The average molecular weight is 458 g/mol. The maximum absolute atomic E-state index is 13.4. The van der Waals surface area contributed by atoms with Crippen LogP contribution in [0.5, 0.6) is 0 Å². The largest absolute Gasteiger partial charge is 0.353 e. The molecule has 0 saturated heterocycles. The van der Waals surface area contributed by atoms with E-state index in [0.29, 0.717) is 33.2 Å². The molecule has 1 aromatic heterocycles. The summed E-state index contributed by atoms with van der Waals surface area (Å²) in [4.78, 5) is 31.2. The number of halogens is 1. The van der Waals surface area contributed by atoms with Gasteiger partial charge in [0.25, 0.3) is 5.56 Å². The van der Waals surface area contributed by atoms with E-state index < -0.39 is 0 Å². The van der Waals surface area contributed by atoms with Crippen LogP contribution in [-0.2, 0) is 4.79 Å². The van der Waals surface area contributed by atoms with Crippen molar-refractivity contribution >= 4 is 40.2 Å². The number of thioether (sulfide) groups is 1. The molecule has 0 bridgehead atoms. The summed E-state index contributed by atoms with van der Waals surface area (Å²) in [5.74, 6) is -0.0205. The average Bonchev–Trinajstić information content (AvgIpc) is 2.76. The van der Waals surface area contributed by atoms with Gasteiger partial charge in [-0.3, -0.25) is 14.2 Å². The molecule has 0 aliphatic heterocycles. The van der Waals surface area contributed by atoms with Crippen molar-refractivity contribution in [3.05, 3.63) is 63.9 Å². The number of carbonyl (C=O) groups excluding carboxylic acids is 1. The van der Waals surface area contributed by atoms with E-state index in [2.05, 4.69) is 12.2 Å². The minimum atomic E-state index is -0.340. The highest BCUT2D eigenvalue weighted by Crippen LogP contribution is 2.29. The Balaban J connectivity index is 2.11. The van der Waals surface area contributed by atoms with Crippen LogP contribution in [0.3, 0.4) is 0 Å². The molecule has 1 heterocycles. The summed E-state index contributed by atoms with van der Waals surface area (Å²) >= 11 is 7.55. The molecule has 3 rings (SSSR count). The molecule has 2 unspecified atom stereocenters. The zero-order valence-electron chi connectivity index (χ0n) is 18.1. The molecule has 0 aliphatic rings. The first-order chi connectivity index (χ1) is 14.9. The highest BCUT2D eigenvalue weighted by Gasteiger charge is 2.24. The Kier molecular flexibility index (Phi) is 8.15. The molecule has 0 radical (unpaired) electrons. The van der Waals surface area contributed by atoms with Crippen molar-refractivity contribution in [3.8, 4) is 5.69 Å². The molecule has 0 spiro atoms. The van der Waals surface area contributed by atoms with Crippen molar-refractivity contribution in [2.75, 3.05) is 0 Å². The third-order valence-corrected chi connectivity index (χ3v) is 6.63. The van der Waals surface area contributed by atoms with Crippen molar-refractivity contribution in [2.45, 2.75) is 62.9 Å². The Morgan fingerprint density at radius 2 is 1.97 bits per heavy atom. The van der Waals surface area contributed by atoms with Crippen LogP contribution < -0.4 is 10.9 Å². The summed E-state index contributed by atoms with van der Waals surface area (Å²) < 4.78 is 1.56. The first-order valence-corrected chi connectivity index (χ1v) is 11.9. The van der Waals surface area contributed by atoms with Crippen LogP contribution >= 0.6 is 23.4 Å². The smallest absolute Gasteiger partial charge is 0.266 e. The number of benzene rings is 2. The first-order valence-electron chi connectivity index (χ1n) is 10.7. The van der Waals surface area contributed by atoms with E-state index in [0.717, 1.165) is 19.3 Å². The summed E-state index contributed by atoms with van der Waals surface area (Å²) in [6.07, 6.45) is 3.47. The number of unbranched alkanes of at least 4 members (excludes halogenated alkanes) is 1. The number of hydrogen-bond donors (Lipinski definition) is 1. The van der Waals surface area contributed by atoms with Gasteiger partial charge in [0, 0.05) is 11.1 Å². The number of nitrogens with zero attached hydrogens (tertiary/aromatic N) is 2. The molecule has 0 saturated carbocycles. The topological polar surface area (TPSA) is 64.0 Å². The first kappa shape index (κ1) is 23.4. The predicted molar refractivity (Wildman–Crippen MR) is 129 cm³/mol. The van der Waals surface area contributed by atoms with Crippen molar-refractivity contribution in [1.29, 1.82) is 0 Å². The Bertz CT molecular complexity index is 1120. The summed E-state index contributed by atoms with van der Waals surface area (Å²) in [5.41, 5.74) is 1.08. The van der Waals surface area contributed by atoms with Crippen LogP contribution in [0.1, 0.15) is 46.5 Å². The number of amides is 1. The number of fused-ring (bicyclic) bond motifs is 1. The minimum absolute atomic E-state index is 0.0205. The predicted octanol–water partition coefficient (Wildman–Crippen LogP) is 5.60. The van der Waals surface area contributed by atoms with Crippen LogP contribution in [0, 0.1) is 0 Å². The van der Waals surface area contributed by atoms with Gasteiger partial charge in [-0.05, 0) is 50.1 Å². The molecule has 164 valence electrons. The van der Waals surface area contributed by atoms with Crippen molar-refractivity contribution in [1.82, 2.24) is 14.9 Å². The quantitative estimate of drug-likeness (QED) is 0.335. The van der Waals surface area contributed by atoms with Gasteiger partial charge < -0.3 is 5.32 Å². The lowest BCUT2D eigenvalue weighted by atomic mass is 10.2. The maximum atomic E-state index is 13.4. The van der Waals surface area contributed by atoms with Gasteiger partial charge in [0.05, 0.1) is 21.8 Å². The van der Waals surface area contributed by atoms with E-state index in [4.69, 9.17) is 16.6 Å². The minimum Gasteiger partial charge on any atom is -0.353 e.